The third-order valence-electron chi connectivity index (χ3n) is 9.65. The van der Waals surface area contributed by atoms with Gasteiger partial charge in [0.25, 0.3) is 5.91 Å². The number of halogens is 3. The van der Waals surface area contributed by atoms with E-state index >= 15 is 4.39 Å². The smallest absolute Gasteiger partial charge is 0.277 e. The summed E-state index contributed by atoms with van der Waals surface area (Å²) in [4.78, 5) is 29.5. The van der Waals surface area contributed by atoms with Gasteiger partial charge in [0, 0.05) is 18.8 Å². The SMILES string of the molecule is O=C1c2c(OCc3ccccc3)c(=O)ccn2N(C23C(=Cc4cc(F)c(F)cc42)CC2=C3CCC=C2)CN1CCc1ccc(F)cc1. The summed E-state index contributed by atoms with van der Waals surface area (Å²) in [6.07, 6.45) is 10.2. The van der Waals surface area contributed by atoms with Crippen molar-refractivity contribution in [3.63, 3.8) is 0 Å². The quantitative estimate of drug-likeness (QED) is 0.225. The molecule has 4 aliphatic rings. The van der Waals surface area contributed by atoms with Crippen LogP contribution in [0.25, 0.3) is 6.08 Å². The predicted molar refractivity (Wildman–Crippen MR) is 172 cm³/mol. The van der Waals surface area contributed by atoms with Gasteiger partial charge in [-0.05, 0) is 88.9 Å². The highest BCUT2D eigenvalue weighted by atomic mass is 19.2. The Morgan fingerprint density at radius 1 is 0.894 bits per heavy atom. The summed E-state index contributed by atoms with van der Waals surface area (Å²) in [5, 5.41) is 2.00. The number of amides is 1. The lowest BCUT2D eigenvalue weighted by Gasteiger charge is -2.50. The Balaban J connectivity index is 1.31. The van der Waals surface area contributed by atoms with Crippen LogP contribution in [0, 0.1) is 17.5 Å². The van der Waals surface area contributed by atoms with E-state index in [9.17, 15) is 18.4 Å². The van der Waals surface area contributed by atoms with Crippen LogP contribution in [0.3, 0.4) is 0 Å². The Labute approximate surface area is 269 Å². The van der Waals surface area contributed by atoms with Gasteiger partial charge in [0.15, 0.2) is 23.1 Å². The van der Waals surface area contributed by atoms with E-state index in [2.05, 4.69) is 12.2 Å². The van der Waals surface area contributed by atoms with Crippen molar-refractivity contribution >= 4 is 12.0 Å². The molecule has 0 N–H and O–H groups in total. The van der Waals surface area contributed by atoms with Crippen molar-refractivity contribution in [2.24, 2.45) is 0 Å². The summed E-state index contributed by atoms with van der Waals surface area (Å²) in [5.41, 5.74) is 4.54. The van der Waals surface area contributed by atoms with E-state index in [4.69, 9.17) is 4.74 Å². The first-order valence-corrected chi connectivity index (χ1v) is 15.7. The van der Waals surface area contributed by atoms with Gasteiger partial charge in [0.1, 0.15) is 24.6 Å². The van der Waals surface area contributed by atoms with E-state index in [1.54, 1.807) is 27.9 Å². The molecule has 1 atom stereocenters. The van der Waals surface area contributed by atoms with Crippen molar-refractivity contribution in [1.29, 1.82) is 0 Å². The third-order valence-corrected chi connectivity index (χ3v) is 9.65. The van der Waals surface area contributed by atoms with E-state index in [-0.39, 0.29) is 37.1 Å². The van der Waals surface area contributed by atoms with E-state index in [1.807, 2.05) is 41.4 Å². The molecule has 8 rings (SSSR count). The fraction of sp³-hybridized carbons (Fsp3) is 0.211. The average Bonchev–Trinajstić information content (AvgIpc) is 3.56. The van der Waals surface area contributed by atoms with E-state index < -0.39 is 28.5 Å². The number of nitrogens with zero attached hydrogens (tertiary/aromatic N) is 3. The zero-order valence-corrected chi connectivity index (χ0v) is 25.4. The molecular formula is C38H30F3N3O3. The minimum absolute atomic E-state index is 0.0592. The minimum Gasteiger partial charge on any atom is -0.482 e. The summed E-state index contributed by atoms with van der Waals surface area (Å²) in [5.74, 6) is -2.71. The average molecular weight is 634 g/mol. The highest BCUT2D eigenvalue weighted by Gasteiger charge is 2.56. The second kappa shape index (κ2) is 11.2. The van der Waals surface area contributed by atoms with Gasteiger partial charge in [0.2, 0.25) is 5.43 Å². The highest BCUT2D eigenvalue weighted by Crippen LogP contribution is 2.59. The number of carbonyl (C=O) groups excluding carboxylic acids is 1. The van der Waals surface area contributed by atoms with Crippen molar-refractivity contribution in [3.8, 4) is 5.75 Å². The topological polar surface area (TPSA) is 54.8 Å². The number of pyridine rings is 1. The normalized spacial score (nSPS) is 19.4. The Morgan fingerprint density at radius 3 is 2.49 bits per heavy atom. The van der Waals surface area contributed by atoms with Crippen LogP contribution >= 0.6 is 0 Å². The van der Waals surface area contributed by atoms with Gasteiger partial charge >= 0.3 is 0 Å². The van der Waals surface area contributed by atoms with Gasteiger partial charge in [-0.25, -0.2) is 13.2 Å². The molecule has 1 aliphatic heterocycles. The summed E-state index contributed by atoms with van der Waals surface area (Å²) in [6.45, 7) is 0.414. The molecule has 236 valence electrons. The zero-order chi connectivity index (χ0) is 32.3. The number of hydrogen-bond donors (Lipinski definition) is 0. The van der Waals surface area contributed by atoms with Crippen LogP contribution in [0.2, 0.25) is 0 Å². The van der Waals surface area contributed by atoms with E-state index in [0.29, 0.717) is 30.4 Å². The molecule has 0 saturated heterocycles. The van der Waals surface area contributed by atoms with Crippen molar-refractivity contribution in [2.75, 3.05) is 18.2 Å². The zero-order valence-electron chi connectivity index (χ0n) is 25.4. The molecule has 3 aliphatic carbocycles. The second-order valence-corrected chi connectivity index (χ2v) is 12.3. The minimum atomic E-state index is -1.03. The fourth-order valence-corrected chi connectivity index (χ4v) is 7.53. The maximum Gasteiger partial charge on any atom is 0.277 e. The van der Waals surface area contributed by atoms with Crippen LogP contribution in [0.15, 0.2) is 113 Å². The molecule has 0 bridgehead atoms. The number of hydrogen-bond acceptors (Lipinski definition) is 4. The lowest BCUT2D eigenvalue weighted by atomic mass is 9.79. The van der Waals surface area contributed by atoms with Crippen LogP contribution in [0.1, 0.15) is 52.0 Å². The van der Waals surface area contributed by atoms with Crippen LogP contribution in [-0.4, -0.2) is 28.7 Å². The highest BCUT2D eigenvalue weighted by molar-refractivity contribution is 5.96. The molecule has 3 aromatic carbocycles. The number of ether oxygens (including phenoxy) is 1. The first-order chi connectivity index (χ1) is 22.8. The van der Waals surface area contributed by atoms with Crippen molar-refractivity contribution < 1.29 is 22.7 Å². The van der Waals surface area contributed by atoms with Crippen LogP contribution in [0.5, 0.6) is 5.75 Å². The molecule has 0 fully saturated rings. The first kappa shape index (κ1) is 29.1. The van der Waals surface area contributed by atoms with E-state index in [0.717, 1.165) is 34.3 Å². The predicted octanol–water partition coefficient (Wildman–Crippen LogP) is 6.78. The fourth-order valence-electron chi connectivity index (χ4n) is 7.53. The number of aromatic nitrogens is 1. The summed E-state index contributed by atoms with van der Waals surface area (Å²) >= 11 is 0. The molecule has 1 amide bonds. The Hall–Kier alpha value is -5.31. The molecule has 0 saturated carbocycles. The summed E-state index contributed by atoms with van der Waals surface area (Å²) in [7, 11) is 0. The standard InChI is InChI=1S/C38H30F3N3O3/c39-29-12-10-24(11-13-29)14-16-42-23-44(43-17-15-34(45)36(35(43)37(42)46)47-22-25-6-2-1-3-7-25)38-28(18-26-8-4-5-9-30(26)38)19-27-20-32(40)33(41)21-31(27)38/h1-4,6-8,10-13,15,17,19-21H,5,9,14,16,18,22-23H2. The van der Waals surface area contributed by atoms with Gasteiger partial charge in [-0.3, -0.25) is 19.3 Å². The Bertz CT molecular complexity index is 2090. The van der Waals surface area contributed by atoms with Crippen molar-refractivity contribution in [2.45, 2.75) is 37.8 Å². The summed E-state index contributed by atoms with van der Waals surface area (Å²) in [6, 6.07) is 19.4. The molecular weight excluding hydrogens is 603 g/mol. The van der Waals surface area contributed by atoms with E-state index in [1.165, 1.54) is 30.3 Å². The van der Waals surface area contributed by atoms with Gasteiger partial charge in [-0.2, -0.15) is 0 Å². The van der Waals surface area contributed by atoms with Gasteiger partial charge < -0.3 is 9.64 Å². The number of rotatable bonds is 7. The van der Waals surface area contributed by atoms with Gasteiger partial charge in [-0.1, -0.05) is 60.7 Å². The number of fused-ring (bicyclic) bond motifs is 5. The Kier molecular flexibility index (Phi) is 6.93. The molecule has 9 heteroatoms. The largest absolute Gasteiger partial charge is 0.482 e. The molecule has 1 aromatic heterocycles. The molecule has 0 radical (unpaired) electrons. The molecule has 47 heavy (non-hydrogen) atoms. The number of allylic oxidation sites excluding steroid dienone is 3. The summed E-state index contributed by atoms with van der Waals surface area (Å²) < 4.78 is 51.3. The van der Waals surface area contributed by atoms with Crippen molar-refractivity contribution in [3.05, 3.63) is 163 Å². The lowest BCUT2D eigenvalue weighted by molar-refractivity contribution is 0.0665. The van der Waals surface area contributed by atoms with Gasteiger partial charge in [0.05, 0.1) is 0 Å². The van der Waals surface area contributed by atoms with Gasteiger partial charge in [-0.15, -0.1) is 0 Å². The molecule has 2 heterocycles. The lowest BCUT2D eigenvalue weighted by Crippen LogP contribution is -2.62. The molecule has 0 spiro atoms. The molecule has 4 aromatic rings. The number of carbonyl (C=O) groups is 1. The maximum absolute atomic E-state index is 15.1. The monoisotopic (exact) mass is 633 g/mol. The van der Waals surface area contributed by atoms with Crippen LogP contribution in [0.4, 0.5) is 13.2 Å². The molecule has 6 nitrogen and oxygen atoms in total. The van der Waals surface area contributed by atoms with Crippen LogP contribution < -0.4 is 15.2 Å². The first-order valence-electron chi connectivity index (χ1n) is 15.7. The second-order valence-electron chi connectivity index (χ2n) is 12.3. The van der Waals surface area contributed by atoms with Crippen LogP contribution in [-0.2, 0) is 18.6 Å². The number of benzene rings is 3. The molecule has 1 unspecified atom stereocenters. The Morgan fingerprint density at radius 2 is 1.68 bits per heavy atom. The van der Waals surface area contributed by atoms with Crippen molar-refractivity contribution in [1.82, 2.24) is 9.58 Å². The third kappa shape index (κ3) is 4.63. The maximum atomic E-state index is 15.1.